The number of halogens is 1. The van der Waals surface area contributed by atoms with E-state index in [1.165, 1.54) is 25.3 Å². The second-order valence-electron chi connectivity index (χ2n) is 4.99. The molecule has 0 saturated heterocycles. The molecule has 25 heavy (non-hydrogen) atoms. The number of hydrogen-bond donors (Lipinski definition) is 2. The van der Waals surface area contributed by atoms with E-state index in [-0.39, 0.29) is 15.8 Å². The highest BCUT2D eigenvalue weighted by Gasteiger charge is 2.16. The number of ether oxygens (including phenoxy) is 1. The number of hydrogen-bond acceptors (Lipinski definition) is 5. The lowest BCUT2D eigenvalue weighted by Crippen LogP contribution is -2.34. The maximum Gasteiger partial charge on any atom is 0.271 e. The third-order valence-electron chi connectivity index (χ3n) is 3.30. The largest absolute Gasteiger partial charge is 0.496 e. The number of carbonyl (C=O) groups is 1. The fraction of sp³-hybridized carbons (Fsp3) is 0.125. The predicted octanol–water partition coefficient (Wildman–Crippen LogP) is 3.69. The number of nitrogens with zero attached hydrogens (tertiary/aromatic N) is 1. The molecule has 0 fully saturated rings. The number of thiocarbonyl (C=S) groups is 1. The summed E-state index contributed by atoms with van der Waals surface area (Å²) in [5, 5.41) is 16.1. The van der Waals surface area contributed by atoms with Crippen LogP contribution in [-0.4, -0.2) is 23.1 Å². The van der Waals surface area contributed by atoms with Crippen molar-refractivity contribution in [2.24, 2.45) is 0 Å². The second-order valence-corrected chi connectivity index (χ2v) is 5.80. The summed E-state index contributed by atoms with van der Waals surface area (Å²) in [6.45, 7) is 1.82. The van der Waals surface area contributed by atoms with Gasteiger partial charge in [0.25, 0.3) is 11.6 Å². The van der Waals surface area contributed by atoms with Crippen LogP contribution in [0.3, 0.4) is 0 Å². The second kappa shape index (κ2) is 7.91. The van der Waals surface area contributed by atoms with Gasteiger partial charge in [-0.1, -0.05) is 23.7 Å². The first-order chi connectivity index (χ1) is 11.8. The van der Waals surface area contributed by atoms with Gasteiger partial charge in [0.2, 0.25) is 0 Å². The van der Waals surface area contributed by atoms with Crippen LogP contribution in [0.25, 0.3) is 0 Å². The average molecular weight is 380 g/mol. The molecule has 0 unspecified atom stereocenters. The van der Waals surface area contributed by atoms with Crippen molar-refractivity contribution in [3.8, 4) is 5.75 Å². The molecule has 0 aromatic heterocycles. The standard InChI is InChI=1S/C16H14ClN3O4S/c1-9-4-3-5-11(14(9)24-2)15(21)19-16(25)18-13-7-6-10(20(22)23)8-12(13)17/h3-8H,1-2H3,(H2,18,19,21,25). The predicted molar refractivity (Wildman–Crippen MR) is 99.5 cm³/mol. The monoisotopic (exact) mass is 379 g/mol. The lowest BCUT2D eigenvalue weighted by molar-refractivity contribution is -0.384. The number of aryl methyl sites for hydroxylation is 1. The lowest BCUT2D eigenvalue weighted by Gasteiger charge is -2.13. The molecular formula is C16H14ClN3O4S. The van der Waals surface area contributed by atoms with Crippen LogP contribution in [0.15, 0.2) is 36.4 Å². The summed E-state index contributed by atoms with van der Waals surface area (Å²) in [4.78, 5) is 22.5. The normalized spacial score (nSPS) is 10.0. The van der Waals surface area contributed by atoms with Gasteiger partial charge in [0.05, 0.1) is 28.3 Å². The molecule has 0 aliphatic heterocycles. The number of amides is 1. The number of rotatable bonds is 4. The number of para-hydroxylation sites is 1. The fourth-order valence-corrected chi connectivity index (χ4v) is 2.57. The van der Waals surface area contributed by atoms with Crippen LogP contribution in [0, 0.1) is 17.0 Å². The van der Waals surface area contributed by atoms with Gasteiger partial charge in [-0.3, -0.25) is 20.2 Å². The highest BCUT2D eigenvalue weighted by molar-refractivity contribution is 7.80. The zero-order valence-corrected chi connectivity index (χ0v) is 14.9. The molecule has 130 valence electrons. The van der Waals surface area contributed by atoms with Crippen LogP contribution in [0.5, 0.6) is 5.75 Å². The minimum absolute atomic E-state index is 0.00399. The molecule has 7 nitrogen and oxygen atoms in total. The van der Waals surface area contributed by atoms with E-state index >= 15 is 0 Å². The van der Waals surface area contributed by atoms with Crippen LogP contribution in [0.4, 0.5) is 11.4 Å². The summed E-state index contributed by atoms with van der Waals surface area (Å²) in [6, 6.07) is 9.05. The maximum absolute atomic E-state index is 12.4. The molecule has 0 aliphatic rings. The summed E-state index contributed by atoms with van der Waals surface area (Å²) in [5.74, 6) is 0.00672. The Hall–Kier alpha value is -2.71. The van der Waals surface area contributed by atoms with Crippen LogP contribution in [0.1, 0.15) is 15.9 Å². The number of anilines is 1. The molecule has 2 rings (SSSR count). The lowest BCUT2D eigenvalue weighted by atomic mass is 10.1. The van der Waals surface area contributed by atoms with E-state index in [1.54, 1.807) is 12.1 Å². The number of benzene rings is 2. The first-order valence-corrected chi connectivity index (χ1v) is 7.82. The Bertz CT molecular complexity index is 857. The van der Waals surface area contributed by atoms with Crippen LogP contribution < -0.4 is 15.4 Å². The zero-order chi connectivity index (χ0) is 18.6. The van der Waals surface area contributed by atoms with Crippen molar-refractivity contribution < 1.29 is 14.5 Å². The number of non-ortho nitro benzene ring substituents is 1. The molecule has 0 aliphatic carbocycles. The van der Waals surface area contributed by atoms with Gasteiger partial charge in [-0.2, -0.15) is 0 Å². The van der Waals surface area contributed by atoms with Gasteiger partial charge in [-0.05, 0) is 36.8 Å². The van der Waals surface area contributed by atoms with E-state index < -0.39 is 10.8 Å². The number of carbonyl (C=O) groups excluding carboxylic acids is 1. The Kier molecular flexibility index (Phi) is 5.89. The van der Waals surface area contributed by atoms with Crippen LogP contribution in [-0.2, 0) is 0 Å². The Balaban J connectivity index is 2.12. The zero-order valence-electron chi connectivity index (χ0n) is 13.3. The fourth-order valence-electron chi connectivity index (χ4n) is 2.15. The third kappa shape index (κ3) is 4.43. The van der Waals surface area contributed by atoms with Gasteiger partial charge in [0, 0.05) is 12.1 Å². The molecule has 2 aromatic rings. The molecule has 0 radical (unpaired) electrons. The number of nitro benzene ring substituents is 1. The van der Waals surface area contributed by atoms with E-state index in [4.69, 9.17) is 28.6 Å². The highest BCUT2D eigenvalue weighted by atomic mass is 35.5. The average Bonchev–Trinajstić information content (AvgIpc) is 2.56. The van der Waals surface area contributed by atoms with Gasteiger partial charge >= 0.3 is 0 Å². The number of methoxy groups -OCH3 is 1. The molecular weight excluding hydrogens is 366 g/mol. The van der Waals surface area contributed by atoms with Crippen molar-refractivity contribution in [2.75, 3.05) is 12.4 Å². The minimum Gasteiger partial charge on any atom is -0.496 e. The molecule has 0 heterocycles. The van der Waals surface area contributed by atoms with Crippen molar-refractivity contribution in [2.45, 2.75) is 6.92 Å². The summed E-state index contributed by atoms with van der Waals surface area (Å²) in [7, 11) is 1.48. The quantitative estimate of drug-likeness (QED) is 0.478. The van der Waals surface area contributed by atoms with Gasteiger partial charge in [0.1, 0.15) is 5.75 Å². The third-order valence-corrected chi connectivity index (χ3v) is 3.82. The first kappa shape index (κ1) is 18.6. The van der Waals surface area contributed by atoms with E-state index in [9.17, 15) is 14.9 Å². The van der Waals surface area contributed by atoms with Crippen LogP contribution >= 0.6 is 23.8 Å². The molecule has 0 spiro atoms. The molecule has 1 amide bonds. The smallest absolute Gasteiger partial charge is 0.271 e. The molecule has 0 bridgehead atoms. The Morgan fingerprint density at radius 1 is 1.32 bits per heavy atom. The van der Waals surface area contributed by atoms with Crippen molar-refractivity contribution in [3.05, 3.63) is 62.7 Å². The van der Waals surface area contributed by atoms with Gasteiger partial charge < -0.3 is 10.1 Å². The molecule has 2 N–H and O–H groups in total. The number of nitrogens with one attached hydrogen (secondary N) is 2. The van der Waals surface area contributed by atoms with Crippen molar-refractivity contribution in [1.82, 2.24) is 5.32 Å². The SMILES string of the molecule is COc1c(C)cccc1C(=O)NC(=S)Nc1ccc([N+](=O)[O-])cc1Cl. The van der Waals surface area contributed by atoms with Gasteiger partial charge in [0.15, 0.2) is 5.11 Å². The Morgan fingerprint density at radius 2 is 2.04 bits per heavy atom. The van der Waals surface area contributed by atoms with E-state index in [0.29, 0.717) is 17.0 Å². The molecule has 2 aromatic carbocycles. The van der Waals surface area contributed by atoms with E-state index in [1.807, 2.05) is 13.0 Å². The van der Waals surface area contributed by atoms with Crippen LogP contribution in [0.2, 0.25) is 5.02 Å². The Morgan fingerprint density at radius 3 is 2.64 bits per heavy atom. The minimum atomic E-state index is -0.556. The summed E-state index contributed by atoms with van der Waals surface area (Å²) in [5.41, 5.74) is 1.35. The van der Waals surface area contributed by atoms with Crippen molar-refractivity contribution >= 4 is 46.2 Å². The maximum atomic E-state index is 12.4. The van der Waals surface area contributed by atoms with E-state index in [0.717, 1.165) is 5.56 Å². The number of nitro groups is 1. The van der Waals surface area contributed by atoms with Gasteiger partial charge in [-0.15, -0.1) is 0 Å². The topological polar surface area (TPSA) is 93.5 Å². The highest BCUT2D eigenvalue weighted by Crippen LogP contribution is 2.27. The molecule has 0 atom stereocenters. The molecule has 9 heteroatoms. The first-order valence-electron chi connectivity index (χ1n) is 7.03. The van der Waals surface area contributed by atoms with Crippen molar-refractivity contribution in [1.29, 1.82) is 0 Å². The summed E-state index contributed by atoms with van der Waals surface area (Å²) < 4.78 is 5.24. The molecule has 0 saturated carbocycles. The van der Waals surface area contributed by atoms with Gasteiger partial charge in [-0.25, -0.2) is 0 Å². The summed E-state index contributed by atoms with van der Waals surface area (Å²) >= 11 is 11.1. The summed E-state index contributed by atoms with van der Waals surface area (Å²) in [6.07, 6.45) is 0. The van der Waals surface area contributed by atoms with Crippen molar-refractivity contribution in [3.63, 3.8) is 0 Å². The van der Waals surface area contributed by atoms with E-state index in [2.05, 4.69) is 10.6 Å². The Labute approximate surface area is 154 Å².